The second-order valence-corrected chi connectivity index (χ2v) is 8.58. The minimum atomic E-state index is -0.497. The highest BCUT2D eigenvalue weighted by molar-refractivity contribution is 5.95. The SMILES string of the molecule is CC(=O)C1=CC[C@H]2[C@H]3C=CC4=CC(=O)CC[C@]4(C)[C@@H]3C[C@@H](O)[C@]12C. The highest BCUT2D eigenvalue weighted by Gasteiger charge is 2.60. The number of fused-ring (bicyclic) bond motifs is 5. The van der Waals surface area contributed by atoms with Crippen LogP contribution in [-0.4, -0.2) is 22.8 Å². The van der Waals surface area contributed by atoms with Crippen molar-refractivity contribution >= 4 is 11.6 Å². The Bertz CT molecular complexity index is 713. The van der Waals surface area contributed by atoms with Crippen LogP contribution in [0.2, 0.25) is 0 Å². The maximum Gasteiger partial charge on any atom is 0.156 e. The fraction of sp³-hybridized carbons (Fsp3) is 0.619. The van der Waals surface area contributed by atoms with Crippen molar-refractivity contribution in [3.63, 3.8) is 0 Å². The van der Waals surface area contributed by atoms with Crippen molar-refractivity contribution < 1.29 is 14.7 Å². The maximum absolute atomic E-state index is 12.1. The number of hydrogen-bond acceptors (Lipinski definition) is 3. The fourth-order valence-electron chi connectivity index (χ4n) is 6.08. The van der Waals surface area contributed by atoms with Crippen LogP contribution >= 0.6 is 0 Å². The van der Waals surface area contributed by atoms with E-state index in [4.69, 9.17) is 0 Å². The van der Waals surface area contributed by atoms with Gasteiger partial charge in [-0.15, -0.1) is 0 Å². The molecule has 0 radical (unpaired) electrons. The Kier molecular flexibility index (Phi) is 3.34. The van der Waals surface area contributed by atoms with Crippen LogP contribution in [0.5, 0.6) is 0 Å². The van der Waals surface area contributed by atoms with Crippen LogP contribution in [-0.2, 0) is 9.59 Å². The van der Waals surface area contributed by atoms with Crippen LogP contribution in [0, 0.1) is 28.6 Å². The molecule has 0 saturated heterocycles. The van der Waals surface area contributed by atoms with E-state index in [1.54, 1.807) is 6.92 Å². The van der Waals surface area contributed by atoms with E-state index < -0.39 is 11.5 Å². The molecule has 1 saturated carbocycles. The van der Waals surface area contributed by atoms with E-state index in [0.29, 0.717) is 24.7 Å². The highest BCUT2D eigenvalue weighted by Crippen LogP contribution is 2.63. The summed E-state index contributed by atoms with van der Waals surface area (Å²) in [6.45, 7) is 5.95. The number of Topliss-reactive ketones (excluding diaryl/α,β-unsaturated/α-hetero) is 1. The molecule has 24 heavy (non-hydrogen) atoms. The van der Waals surface area contributed by atoms with Gasteiger partial charge < -0.3 is 5.11 Å². The fourth-order valence-corrected chi connectivity index (χ4v) is 6.08. The minimum absolute atomic E-state index is 0.0331. The van der Waals surface area contributed by atoms with Gasteiger partial charge >= 0.3 is 0 Å². The van der Waals surface area contributed by atoms with Crippen LogP contribution < -0.4 is 0 Å². The van der Waals surface area contributed by atoms with Gasteiger partial charge in [-0.2, -0.15) is 0 Å². The predicted molar refractivity (Wildman–Crippen MR) is 92.2 cm³/mol. The molecule has 0 aromatic rings. The molecule has 0 heterocycles. The third-order valence-corrected chi connectivity index (χ3v) is 7.59. The second-order valence-electron chi connectivity index (χ2n) is 8.58. The summed E-state index contributed by atoms with van der Waals surface area (Å²) in [6, 6.07) is 0. The minimum Gasteiger partial charge on any atom is -0.392 e. The number of ketones is 2. The van der Waals surface area contributed by atoms with Crippen LogP contribution in [0.15, 0.2) is 35.5 Å². The third kappa shape index (κ3) is 1.88. The van der Waals surface area contributed by atoms with Crippen molar-refractivity contribution in [2.24, 2.45) is 28.6 Å². The normalized spacial score (nSPS) is 46.6. The van der Waals surface area contributed by atoms with E-state index in [1.165, 1.54) is 0 Å². The molecule has 1 fully saturated rings. The molecule has 128 valence electrons. The molecule has 3 heteroatoms. The zero-order valence-electron chi connectivity index (χ0n) is 14.7. The lowest BCUT2D eigenvalue weighted by Gasteiger charge is -2.57. The standard InChI is InChI=1S/C21H26O3/c1-12(22)16-6-7-17-15-5-4-13-10-14(23)8-9-20(13,2)18(15)11-19(24)21(16,17)3/h4-6,10,15,17-19,24H,7-9,11H2,1-3H3/t15-,17+,18-,19-,20+,21-/m1/s1. The first-order chi connectivity index (χ1) is 11.3. The molecular formula is C21H26O3. The number of hydrogen-bond donors (Lipinski definition) is 1. The lowest BCUT2D eigenvalue weighted by Crippen LogP contribution is -2.54. The quantitative estimate of drug-likeness (QED) is 0.803. The monoisotopic (exact) mass is 326 g/mol. The number of rotatable bonds is 1. The van der Waals surface area contributed by atoms with E-state index in [2.05, 4.69) is 32.1 Å². The summed E-state index contributed by atoms with van der Waals surface area (Å²) in [6.07, 6.45) is 10.8. The van der Waals surface area contributed by atoms with Gasteiger partial charge in [-0.05, 0) is 66.6 Å². The van der Waals surface area contributed by atoms with Crippen LogP contribution in [0.25, 0.3) is 0 Å². The first-order valence-corrected chi connectivity index (χ1v) is 9.11. The van der Waals surface area contributed by atoms with Gasteiger partial charge in [0.05, 0.1) is 6.10 Å². The summed E-state index contributed by atoms with van der Waals surface area (Å²) in [5, 5.41) is 11.1. The first kappa shape index (κ1) is 16.0. The predicted octanol–water partition coefficient (Wildman–Crippen LogP) is 3.39. The molecule has 6 atom stereocenters. The van der Waals surface area contributed by atoms with E-state index in [1.807, 2.05) is 6.08 Å². The molecule has 1 N–H and O–H groups in total. The Morgan fingerprint density at radius 3 is 2.75 bits per heavy atom. The van der Waals surface area contributed by atoms with Crippen molar-refractivity contribution in [3.05, 3.63) is 35.5 Å². The maximum atomic E-state index is 12.1. The Morgan fingerprint density at radius 1 is 1.29 bits per heavy atom. The van der Waals surface area contributed by atoms with Crippen molar-refractivity contribution in [3.8, 4) is 0 Å². The molecule has 0 bridgehead atoms. The molecule has 3 nitrogen and oxygen atoms in total. The summed E-state index contributed by atoms with van der Waals surface area (Å²) in [7, 11) is 0. The van der Waals surface area contributed by atoms with Crippen molar-refractivity contribution in [2.45, 2.75) is 52.6 Å². The first-order valence-electron chi connectivity index (χ1n) is 9.11. The zero-order valence-corrected chi connectivity index (χ0v) is 14.7. The Labute approximate surface area is 143 Å². The van der Waals surface area contributed by atoms with Gasteiger partial charge in [0.15, 0.2) is 11.6 Å². The zero-order chi connectivity index (χ0) is 17.3. The van der Waals surface area contributed by atoms with Crippen molar-refractivity contribution in [1.82, 2.24) is 0 Å². The van der Waals surface area contributed by atoms with E-state index in [-0.39, 0.29) is 22.9 Å². The summed E-state index contributed by atoms with van der Waals surface area (Å²) in [4.78, 5) is 23.9. The Hall–Kier alpha value is -1.48. The van der Waals surface area contributed by atoms with Gasteiger partial charge in [-0.3, -0.25) is 9.59 Å². The largest absolute Gasteiger partial charge is 0.392 e. The molecule has 4 rings (SSSR count). The third-order valence-electron chi connectivity index (χ3n) is 7.59. The number of aliphatic hydroxyl groups is 1. The summed E-state index contributed by atoms with van der Waals surface area (Å²) in [5.41, 5.74) is 1.49. The highest BCUT2D eigenvalue weighted by atomic mass is 16.3. The number of carbonyl (C=O) groups is 2. The molecule has 0 unspecified atom stereocenters. The summed E-state index contributed by atoms with van der Waals surface area (Å²) >= 11 is 0. The smallest absolute Gasteiger partial charge is 0.156 e. The van der Waals surface area contributed by atoms with Gasteiger partial charge in [0.2, 0.25) is 0 Å². The summed E-state index contributed by atoms with van der Waals surface area (Å²) < 4.78 is 0. The van der Waals surface area contributed by atoms with Crippen LogP contribution in [0.1, 0.15) is 46.5 Å². The van der Waals surface area contributed by atoms with Gasteiger partial charge in [-0.25, -0.2) is 0 Å². The average molecular weight is 326 g/mol. The van der Waals surface area contributed by atoms with E-state index in [9.17, 15) is 14.7 Å². The molecule has 0 aliphatic heterocycles. The molecule has 0 aromatic heterocycles. The number of allylic oxidation sites excluding steroid dienone is 5. The van der Waals surface area contributed by atoms with Crippen LogP contribution in [0.3, 0.4) is 0 Å². The molecule has 4 aliphatic carbocycles. The average Bonchev–Trinajstić information content (AvgIpc) is 2.88. The van der Waals surface area contributed by atoms with Gasteiger partial charge in [0.1, 0.15) is 0 Å². The Morgan fingerprint density at radius 2 is 2.04 bits per heavy atom. The Balaban J connectivity index is 1.78. The van der Waals surface area contributed by atoms with Crippen molar-refractivity contribution in [1.29, 1.82) is 0 Å². The molecule has 0 amide bonds. The van der Waals surface area contributed by atoms with Gasteiger partial charge in [-0.1, -0.05) is 32.1 Å². The molecular weight excluding hydrogens is 300 g/mol. The molecule has 4 aliphatic rings. The summed E-state index contributed by atoms with van der Waals surface area (Å²) in [5.74, 6) is 1.29. The molecule has 0 spiro atoms. The van der Waals surface area contributed by atoms with E-state index in [0.717, 1.165) is 24.0 Å². The van der Waals surface area contributed by atoms with Gasteiger partial charge in [0.25, 0.3) is 0 Å². The second kappa shape index (κ2) is 5.01. The van der Waals surface area contributed by atoms with Crippen molar-refractivity contribution in [2.75, 3.05) is 0 Å². The van der Waals surface area contributed by atoms with E-state index >= 15 is 0 Å². The van der Waals surface area contributed by atoms with Crippen LogP contribution in [0.4, 0.5) is 0 Å². The number of carbonyl (C=O) groups excluding carboxylic acids is 2. The lowest BCUT2D eigenvalue weighted by atomic mass is 9.48. The lowest BCUT2D eigenvalue weighted by molar-refractivity contribution is -0.122. The number of aliphatic hydroxyl groups excluding tert-OH is 1. The molecule has 0 aromatic carbocycles. The topological polar surface area (TPSA) is 54.4 Å². The van der Waals surface area contributed by atoms with Gasteiger partial charge in [0, 0.05) is 11.8 Å².